The summed E-state index contributed by atoms with van der Waals surface area (Å²) in [5.41, 5.74) is 3.76. The van der Waals surface area contributed by atoms with E-state index in [1.807, 2.05) is 12.1 Å². The zero-order chi connectivity index (χ0) is 9.84. The molecule has 0 aliphatic carbocycles. The topological polar surface area (TPSA) is 20.2 Å². The highest BCUT2D eigenvalue weighted by atomic mass is 79.9. The molecule has 0 atom stereocenters. The van der Waals surface area contributed by atoms with Crippen molar-refractivity contribution in [3.8, 4) is 5.75 Å². The number of phenolic OH excluding ortho intramolecular Hbond substituents is 1. The van der Waals surface area contributed by atoms with Gasteiger partial charge in [-0.25, -0.2) is 0 Å². The van der Waals surface area contributed by atoms with Gasteiger partial charge >= 0.3 is 0 Å². The molecule has 0 saturated heterocycles. The van der Waals surface area contributed by atoms with Crippen molar-refractivity contribution < 1.29 is 5.11 Å². The number of benzene rings is 1. The van der Waals surface area contributed by atoms with Gasteiger partial charge in [-0.05, 0) is 55.5 Å². The average molecular weight is 243 g/mol. The molecule has 72 valence electrons. The standard InChI is InChI=1S/C11H15BrO/c1-8-6-10(13)7-9(2)11(8)4-3-5-12/h6-7,13H,3-5H2,1-2H3. The molecule has 0 unspecified atom stereocenters. The van der Waals surface area contributed by atoms with Crippen molar-refractivity contribution in [2.24, 2.45) is 0 Å². The van der Waals surface area contributed by atoms with Crippen molar-refractivity contribution in [3.05, 3.63) is 28.8 Å². The van der Waals surface area contributed by atoms with Gasteiger partial charge < -0.3 is 5.11 Å². The molecule has 13 heavy (non-hydrogen) atoms. The fourth-order valence-electron chi connectivity index (χ4n) is 1.61. The Morgan fingerprint density at radius 3 is 2.23 bits per heavy atom. The van der Waals surface area contributed by atoms with E-state index >= 15 is 0 Å². The number of aromatic hydroxyl groups is 1. The molecule has 0 fully saturated rings. The van der Waals surface area contributed by atoms with Crippen LogP contribution in [0.25, 0.3) is 0 Å². The monoisotopic (exact) mass is 242 g/mol. The van der Waals surface area contributed by atoms with Crippen LogP contribution in [0, 0.1) is 13.8 Å². The van der Waals surface area contributed by atoms with Gasteiger partial charge in [0.15, 0.2) is 0 Å². The van der Waals surface area contributed by atoms with Crippen LogP contribution in [0.4, 0.5) is 0 Å². The summed E-state index contributed by atoms with van der Waals surface area (Å²) in [7, 11) is 0. The minimum Gasteiger partial charge on any atom is -0.508 e. The molecule has 2 heteroatoms. The third kappa shape index (κ3) is 2.73. The van der Waals surface area contributed by atoms with E-state index in [0.717, 1.165) is 18.2 Å². The number of alkyl halides is 1. The Balaban J connectivity index is 2.92. The van der Waals surface area contributed by atoms with Crippen LogP contribution < -0.4 is 0 Å². The van der Waals surface area contributed by atoms with Crippen molar-refractivity contribution in [2.75, 3.05) is 5.33 Å². The van der Waals surface area contributed by atoms with Gasteiger partial charge in [-0.1, -0.05) is 15.9 Å². The molecule has 0 spiro atoms. The van der Waals surface area contributed by atoms with Gasteiger partial charge in [-0.15, -0.1) is 0 Å². The van der Waals surface area contributed by atoms with E-state index in [9.17, 15) is 5.11 Å². The summed E-state index contributed by atoms with van der Waals surface area (Å²) in [5.74, 6) is 0.373. The number of rotatable bonds is 3. The van der Waals surface area contributed by atoms with E-state index in [2.05, 4.69) is 29.8 Å². The molecule has 0 saturated carbocycles. The summed E-state index contributed by atoms with van der Waals surface area (Å²) in [4.78, 5) is 0. The summed E-state index contributed by atoms with van der Waals surface area (Å²) in [6.07, 6.45) is 2.23. The molecule has 0 aliphatic heterocycles. The molecular weight excluding hydrogens is 228 g/mol. The minimum absolute atomic E-state index is 0.373. The Morgan fingerprint density at radius 1 is 1.23 bits per heavy atom. The molecule has 0 bridgehead atoms. The largest absolute Gasteiger partial charge is 0.508 e. The van der Waals surface area contributed by atoms with Gasteiger partial charge in [0, 0.05) is 5.33 Å². The molecular formula is C11H15BrO. The van der Waals surface area contributed by atoms with Crippen LogP contribution in [0.3, 0.4) is 0 Å². The lowest BCUT2D eigenvalue weighted by Gasteiger charge is -2.09. The van der Waals surface area contributed by atoms with Crippen LogP contribution in [0.5, 0.6) is 5.75 Å². The Morgan fingerprint density at radius 2 is 1.77 bits per heavy atom. The predicted molar refractivity (Wildman–Crippen MR) is 59.7 cm³/mol. The number of aryl methyl sites for hydroxylation is 2. The Kier molecular flexibility index (Phi) is 3.79. The second-order valence-corrected chi connectivity index (χ2v) is 4.14. The highest BCUT2D eigenvalue weighted by Gasteiger charge is 2.03. The van der Waals surface area contributed by atoms with Gasteiger partial charge in [0.25, 0.3) is 0 Å². The zero-order valence-corrected chi connectivity index (χ0v) is 9.69. The Hall–Kier alpha value is -0.500. The number of hydrogen-bond acceptors (Lipinski definition) is 1. The van der Waals surface area contributed by atoms with E-state index in [1.165, 1.54) is 16.7 Å². The van der Waals surface area contributed by atoms with Crippen LogP contribution >= 0.6 is 15.9 Å². The molecule has 0 heterocycles. The van der Waals surface area contributed by atoms with Crippen molar-refractivity contribution in [1.82, 2.24) is 0 Å². The Bertz CT molecular complexity index is 271. The van der Waals surface area contributed by atoms with Crippen molar-refractivity contribution in [3.63, 3.8) is 0 Å². The number of phenols is 1. The fraction of sp³-hybridized carbons (Fsp3) is 0.455. The third-order valence-corrected chi connectivity index (χ3v) is 2.80. The smallest absolute Gasteiger partial charge is 0.116 e. The lowest BCUT2D eigenvalue weighted by molar-refractivity contribution is 0.474. The Labute approximate surface area is 87.9 Å². The minimum atomic E-state index is 0.373. The van der Waals surface area contributed by atoms with Gasteiger partial charge in [-0.2, -0.15) is 0 Å². The average Bonchev–Trinajstić information content (AvgIpc) is 2.02. The second-order valence-electron chi connectivity index (χ2n) is 3.35. The summed E-state index contributed by atoms with van der Waals surface area (Å²) < 4.78 is 0. The SMILES string of the molecule is Cc1cc(O)cc(C)c1CCCBr. The molecule has 0 aliphatic rings. The van der Waals surface area contributed by atoms with Gasteiger partial charge in [-0.3, -0.25) is 0 Å². The lowest BCUT2D eigenvalue weighted by atomic mass is 9.98. The first-order valence-electron chi connectivity index (χ1n) is 4.50. The van der Waals surface area contributed by atoms with Crippen LogP contribution in [0.1, 0.15) is 23.1 Å². The van der Waals surface area contributed by atoms with Crippen LogP contribution in [-0.2, 0) is 6.42 Å². The quantitative estimate of drug-likeness (QED) is 0.807. The molecule has 1 rings (SSSR count). The maximum absolute atomic E-state index is 9.33. The molecule has 1 N–H and O–H groups in total. The lowest BCUT2D eigenvalue weighted by Crippen LogP contribution is -1.94. The molecule has 1 aromatic rings. The summed E-state index contributed by atoms with van der Waals surface area (Å²) in [5, 5.41) is 10.4. The van der Waals surface area contributed by atoms with Crippen molar-refractivity contribution >= 4 is 15.9 Å². The van der Waals surface area contributed by atoms with E-state index in [1.54, 1.807) is 0 Å². The molecule has 0 radical (unpaired) electrons. The van der Waals surface area contributed by atoms with Crippen LogP contribution in [0.2, 0.25) is 0 Å². The molecule has 0 amide bonds. The van der Waals surface area contributed by atoms with Crippen LogP contribution in [0.15, 0.2) is 12.1 Å². The predicted octanol–water partition coefficient (Wildman–Crippen LogP) is 3.34. The molecule has 1 aromatic carbocycles. The molecule has 0 aromatic heterocycles. The van der Waals surface area contributed by atoms with E-state index in [-0.39, 0.29) is 0 Å². The number of halogens is 1. The van der Waals surface area contributed by atoms with E-state index in [0.29, 0.717) is 5.75 Å². The van der Waals surface area contributed by atoms with Crippen molar-refractivity contribution in [2.45, 2.75) is 26.7 Å². The highest BCUT2D eigenvalue weighted by molar-refractivity contribution is 9.09. The highest BCUT2D eigenvalue weighted by Crippen LogP contribution is 2.21. The van der Waals surface area contributed by atoms with E-state index in [4.69, 9.17) is 0 Å². The first-order valence-corrected chi connectivity index (χ1v) is 5.62. The summed E-state index contributed by atoms with van der Waals surface area (Å²) >= 11 is 3.42. The maximum Gasteiger partial charge on any atom is 0.116 e. The van der Waals surface area contributed by atoms with E-state index < -0.39 is 0 Å². The van der Waals surface area contributed by atoms with Gasteiger partial charge in [0.1, 0.15) is 5.75 Å². The second kappa shape index (κ2) is 4.66. The number of hydrogen-bond donors (Lipinski definition) is 1. The first-order chi connectivity index (χ1) is 6.15. The molecule has 1 nitrogen and oxygen atoms in total. The van der Waals surface area contributed by atoms with Gasteiger partial charge in [0.05, 0.1) is 0 Å². The summed E-state index contributed by atoms with van der Waals surface area (Å²) in [6, 6.07) is 3.66. The maximum atomic E-state index is 9.33. The summed E-state index contributed by atoms with van der Waals surface area (Å²) in [6.45, 7) is 4.10. The van der Waals surface area contributed by atoms with Crippen molar-refractivity contribution in [1.29, 1.82) is 0 Å². The fourth-order valence-corrected chi connectivity index (χ4v) is 1.89. The zero-order valence-electron chi connectivity index (χ0n) is 8.10. The first kappa shape index (κ1) is 10.6. The normalized spacial score (nSPS) is 10.4. The van der Waals surface area contributed by atoms with Crippen LogP contribution in [-0.4, -0.2) is 10.4 Å². The third-order valence-electron chi connectivity index (χ3n) is 2.24. The van der Waals surface area contributed by atoms with Gasteiger partial charge in [0.2, 0.25) is 0 Å².